The number of amides is 1. The van der Waals surface area contributed by atoms with E-state index in [4.69, 9.17) is 5.26 Å². The third-order valence-corrected chi connectivity index (χ3v) is 4.70. The Morgan fingerprint density at radius 3 is 2.35 bits per heavy atom. The van der Waals surface area contributed by atoms with Gasteiger partial charge in [-0.05, 0) is 35.8 Å². The van der Waals surface area contributed by atoms with E-state index in [0.29, 0.717) is 5.56 Å². The van der Waals surface area contributed by atoms with Gasteiger partial charge in [0.05, 0.1) is 11.6 Å². The lowest BCUT2D eigenvalue weighted by molar-refractivity contribution is -0.127. The summed E-state index contributed by atoms with van der Waals surface area (Å²) in [4.78, 5) is 16.7. The van der Waals surface area contributed by atoms with Crippen LogP contribution in [0.4, 0.5) is 0 Å². The highest BCUT2D eigenvalue weighted by molar-refractivity contribution is 5.91. The van der Waals surface area contributed by atoms with Crippen molar-refractivity contribution in [1.82, 2.24) is 9.80 Å². The molecular weight excluding hydrogens is 322 g/mol. The molecule has 4 nitrogen and oxygen atoms in total. The van der Waals surface area contributed by atoms with Crippen molar-refractivity contribution in [3.8, 4) is 6.07 Å². The molecule has 1 amide bonds. The van der Waals surface area contributed by atoms with E-state index < -0.39 is 0 Å². The van der Waals surface area contributed by atoms with Gasteiger partial charge in [0.2, 0.25) is 5.91 Å². The standard InChI is InChI=1S/C22H23N3O/c23-18-21-8-6-20(7-9-21)10-11-22(26)25-16-14-24(15-17-25)13-12-19-4-2-1-3-5-19/h1-11H,12-17H2/b11-10+. The molecule has 0 saturated carbocycles. The topological polar surface area (TPSA) is 47.3 Å². The second kappa shape index (κ2) is 8.98. The summed E-state index contributed by atoms with van der Waals surface area (Å²) in [6.45, 7) is 4.41. The summed E-state index contributed by atoms with van der Waals surface area (Å²) in [7, 11) is 0. The normalized spacial score (nSPS) is 15.1. The monoisotopic (exact) mass is 345 g/mol. The van der Waals surface area contributed by atoms with E-state index in [9.17, 15) is 4.79 Å². The maximum atomic E-state index is 12.3. The van der Waals surface area contributed by atoms with Gasteiger partial charge in [0.25, 0.3) is 0 Å². The first-order valence-corrected chi connectivity index (χ1v) is 8.98. The largest absolute Gasteiger partial charge is 0.337 e. The molecular formula is C22H23N3O. The van der Waals surface area contributed by atoms with Gasteiger partial charge in [-0.2, -0.15) is 5.26 Å². The zero-order valence-corrected chi connectivity index (χ0v) is 14.8. The summed E-state index contributed by atoms with van der Waals surface area (Å²) in [5.74, 6) is 0.0528. The van der Waals surface area contributed by atoms with Gasteiger partial charge in [-0.25, -0.2) is 0 Å². The lowest BCUT2D eigenvalue weighted by atomic mass is 10.1. The lowest BCUT2D eigenvalue weighted by Crippen LogP contribution is -2.48. The number of benzene rings is 2. The zero-order valence-electron chi connectivity index (χ0n) is 14.8. The molecule has 0 bridgehead atoms. The Bertz CT molecular complexity index is 782. The number of nitriles is 1. The van der Waals surface area contributed by atoms with Crippen molar-refractivity contribution in [1.29, 1.82) is 5.26 Å². The predicted octanol–water partition coefficient (Wildman–Crippen LogP) is 2.96. The minimum absolute atomic E-state index is 0.0528. The van der Waals surface area contributed by atoms with Gasteiger partial charge in [0.1, 0.15) is 0 Å². The molecule has 0 atom stereocenters. The maximum absolute atomic E-state index is 12.3. The molecule has 1 aliphatic heterocycles. The fourth-order valence-corrected chi connectivity index (χ4v) is 3.07. The third kappa shape index (κ3) is 5.05. The molecule has 4 heteroatoms. The number of hydrogen-bond acceptors (Lipinski definition) is 3. The molecule has 0 N–H and O–H groups in total. The molecule has 0 radical (unpaired) electrons. The predicted molar refractivity (Wildman–Crippen MR) is 103 cm³/mol. The molecule has 0 spiro atoms. The Morgan fingerprint density at radius 1 is 1.00 bits per heavy atom. The van der Waals surface area contributed by atoms with Crippen molar-refractivity contribution in [2.24, 2.45) is 0 Å². The summed E-state index contributed by atoms with van der Waals surface area (Å²) in [6.07, 6.45) is 4.49. The number of hydrogen-bond donors (Lipinski definition) is 0. The minimum atomic E-state index is 0.0528. The Morgan fingerprint density at radius 2 is 1.69 bits per heavy atom. The Kier molecular flexibility index (Phi) is 6.19. The van der Waals surface area contributed by atoms with Crippen LogP contribution in [0.2, 0.25) is 0 Å². The smallest absolute Gasteiger partial charge is 0.246 e. The SMILES string of the molecule is N#Cc1ccc(/C=C/C(=O)N2CCN(CCc3ccccc3)CC2)cc1. The molecule has 2 aromatic carbocycles. The highest BCUT2D eigenvalue weighted by Gasteiger charge is 2.19. The second-order valence-corrected chi connectivity index (χ2v) is 6.47. The Balaban J connectivity index is 1.44. The fraction of sp³-hybridized carbons (Fsp3) is 0.273. The summed E-state index contributed by atoms with van der Waals surface area (Å²) < 4.78 is 0. The van der Waals surface area contributed by atoms with Gasteiger partial charge in [-0.3, -0.25) is 9.69 Å². The van der Waals surface area contributed by atoms with E-state index in [-0.39, 0.29) is 5.91 Å². The number of rotatable bonds is 5. The third-order valence-electron chi connectivity index (χ3n) is 4.70. The van der Waals surface area contributed by atoms with Crippen LogP contribution in [0.5, 0.6) is 0 Å². The zero-order chi connectivity index (χ0) is 18.2. The van der Waals surface area contributed by atoms with Crippen LogP contribution in [-0.2, 0) is 11.2 Å². The quantitative estimate of drug-likeness (QED) is 0.783. The summed E-state index contributed by atoms with van der Waals surface area (Å²) in [5.41, 5.74) is 2.91. The Labute approximate surface area is 155 Å². The van der Waals surface area contributed by atoms with Crippen molar-refractivity contribution >= 4 is 12.0 Å². The van der Waals surface area contributed by atoms with E-state index in [0.717, 1.165) is 44.7 Å². The molecule has 0 aliphatic carbocycles. The van der Waals surface area contributed by atoms with Gasteiger partial charge in [0, 0.05) is 38.8 Å². The van der Waals surface area contributed by atoms with Crippen molar-refractivity contribution in [2.75, 3.05) is 32.7 Å². The number of piperazine rings is 1. The average Bonchev–Trinajstić information content (AvgIpc) is 2.72. The van der Waals surface area contributed by atoms with Crippen molar-refractivity contribution < 1.29 is 4.79 Å². The molecule has 1 aliphatic rings. The molecule has 3 rings (SSSR count). The summed E-state index contributed by atoms with van der Waals surface area (Å²) in [6, 6.07) is 19.8. The molecule has 0 unspecified atom stereocenters. The molecule has 0 aromatic heterocycles. The van der Waals surface area contributed by atoms with E-state index in [1.165, 1.54) is 5.56 Å². The first-order valence-electron chi connectivity index (χ1n) is 8.98. The highest BCUT2D eigenvalue weighted by atomic mass is 16.2. The highest BCUT2D eigenvalue weighted by Crippen LogP contribution is 2.08. The van der Waals surface area contributed by atoms with Crippen LogP contribution in [0, 0.1) is 11.3 Å². The summed E-state index contributed by atoms with van der Waals surface area (Å²) >= 11 is 0. The maximum Gasteiger partial charge on any atom is 0.246 e. The van der Waals surface area contributed by atoms with Crippen LogP contribution in [0.3, 0.4) is 0 Å². The van der Waals surface area contributed by atoms with Crippen molar-refractivity contribution in [3.63, 3.8) is 0 Å². The average molecular weight is 345 g/mol. The number of nitrogens with zero attached hydrogens (tertiary/aromatic N) is 3. The van der Waals surface area contributed by atoms with Crippen LogP contribution in [0.15, 0.2) is 60.7 Å². The van der Waals surface area contributed by atoms with E-state index >= 15 is 0 Å². The van der Waals surface area contributed by atoms with Crippen LogP contribution < -0.4 is 0 Å². The molecule has 1 heterocycles. The Hall–Kier alpha value is -2.90. The van der Waals surface area contributed by atoms with Crippen molar-refractivity contribution in [3.05, 3.63) is 77.4 Å². The molecule has 1 saturated heterocycles. The molecule has 132 valence electrons. The van der Waals surface area contributed by atoms with Gasteiger partial charge in [-0.15, -0.1) is 0 Å². The lowest BCUT2D eigenvalue weighted by Gasteiger charge is -2.34. The van der Waals surface area contributed by atoms with Gasteiger partial charge in [0.15, 0.2) is 0 Å². The number of carbonyl (C=O) groups excluding carboxylic acids is 1. The van der Waals surface area contributed by atoms with Gasteiger partial charge < -0.3 is 4.90 Å². The van der Waals surface area contributed by atoms with Crippen molar-refractivity contribution in [2.45, 2.75) is 6.42 Å². The van der Waals surface area contributed by atoms with E-state index in [1.54, 1.807) is 18.2 Å². The van der Waals surface area contributed by atoms with E-state index in [1.807, 2.05) is 29.2 Å². The first kappa shape index (κ1) is 17.9. The van der Waals surface area contributed by atoms with Crippen LogP contribution in [0.25, 0.3) is 6.08 Å². The van der Waals surface area contributed by atoms with Gasteiger partial charge in [-0.1, -0.05) is 42.5 Å². The van der Waals surface area contributed by atoms with Crippen LogP contribution in [0.1, 0.15) is 16.7 Å². The molecule has 1 fully saturated rings. The fourth-order valence-electron chi connectivity index (χ4n) is 3.07. The second-order valence-electron chi connectivity index (χ2n) is 6.47. The minimum Gasteiger partial charge on any atom is -0.337 e. The van der Waals surface area contributed by atoms with Crippen LogP contribution >= 0.6 is 0 Å². The van der Waals surface area contributed by atoms with Crippen LogP contribution in [-0.4, -0.2) is 48.4 Å². The molecule has 26 heavy (non-hydrogen) atoms. The molecule has 2 aromatic rings. The number of carbonyl (C=O) groups is 1. The van der Waals surface area contributed by atoms with Gasteiger partial charge >= 0.3 is 0 Å². The van der Waals surface area contributed by atoms with E-state index in [2.05, 4.69) is 35.2 Å². The summed E-state index contributed by atoms with van der Waals surface area (Å²) in [5, 5.41) is 8.81. The first-order chi connectivity index (χ1) is 12.7.